The molecule has 0 saturated heterocycles. The fourth-order valence-corrected chi connectivity index (χ4v) is 2.48. The van der Waals surface area contributed by atoms with Gasteiger partial charge in [0.05, 0.1) is 0 Å². The highest BCUT2D eigenvalue weighted by atomic mass is 35.5. The minimum atomic E-state index is 0.340. The van der Waals surface area contributed by atoms with E-state index in [-0.39, 0.29) is 0 Å². The third-order valence-electron chi connectivity index (χ3n) is 3.19. The molecular formula is C13H17Cl. The van der Waals surface area contributed by atoms with Crippen LogP contribution in [0.4, 0.5) is 0 Å². The van der Waals surface area contributed by atoms with E-state index in [9.17, 15) is 0 Å². The number of halogens is 1. The van der Waals surface area contributed by atoms with Crippen molar-refractivity contribution in [2.45, 2.75) is 32.1 Å². The molecule has 0 heterocycles. The normalized spacial score (nSPS) is 27.4. The van der Waals surface area contributed by atoms with Crippen LogP contribution in [0.1, 0.15) is 24.5 Å². The van der Waals surface area contributed by atoms with Crippen molar-refractivity contribution in [2.24, 2.45) is 11.8 Å². The Kier molecular flexibility index (Phi) is 2.83. The molecule has 0 N–H and O–H groups in total. The summed E-state index contributed by atoms with van der Waals surface area (Å²) < 4.78 is 0. The van der Waals surface area contributed by atoms with Crippen molar-refractivity contribution in [3.63, 3.8) is 0 Å². The minimum Gasteiger partial charge on any atom is -0.122 e. The Morgan fingerprint density at radius 3 is 2.43 bits per heavy atom. The molecule has 0 spiro atoms. The van der Waals surface area contributed by atoms with Gasteiger partial charge < -0.3 is 0 Å². The molecule has 0 aliphatic heterocycles. The molecule has 3 atom stereocenters. The van der Waals surface area contributed by atoms with Crippen LogP contribution in [0.5, 0.6) is 0 Å². The first kappa shape index (κ1) is 10.0. The van der Waals surface area contributed by atoms with Gasteiger partial charge in [0.2, 0.25) is 0 Å². The Labute approximate surface area is 91.3 Å². The van der Waals surface area contributed by atoms with Gasteiger partial charge in [-0.3, -0.25) is 0 Å². The lowest BCUT2D eigenvalue weighted by molar-refractivity contribution is 0.683. The number of hydrogen-bond acceptors (Lipinski definition) is 0. The largest absolute Gasteiger partial charge is 0.122 e. The van der Waals surface area contributed by atoms with E-state index in [1.165, 1.54) is 17.5 Å². The van der Waals surface area contributed by atoms with Crippen LogP contribution in [-0.2, 0) is 6.42 Å². The fourth-order valence-electron chi connectivity index (χ4n) is 1.96. The number of alkyl halides is 1. The number of benzene rings is 1. The lowest BCUT2D eigenvalue weighted by atomic mass is 10.0. The Balaban J connectivity index is 1.93. The summed E-state index contributed by atoms with van der Waals surface area (Å²) in [5, 5.41) is 0.340. The van der Waals surface area contributed by atoms with Crippen LogP contribution in [0.25, 0.3) is 0 Å². The number of aryl methyl sites for hydroxylation is 1. The van der Waals surface area contributed by atoms with Crippen LogP contribution in [-0.4, -0.2) is 5.38 Å². The zero-order valence-corrected chi connectivity index (χ0v) is 9.59. The first-order valence-corrected chi connectivity index (χ1v) is 5.80. The predicted octanol–water partition coefficient (Wildman–Crippen LogP) is 3.80. The minimum absolute atomic E-state index is 0.340. The standard InChI is InChI=1S/C13H17Cl/c1-9-3-5-11(6-4-9)8-13(14)12-7-10(12)2/h3-6,10,12-13H,7-8H2,1-2H3. The van der Waals surface area contributed by atoms with Gasteiger partial charge in [-0.1, -0.05) is 36.8 Å². The highest BCUT2D eigenvalue weighted by molar-refractivity contribution is 6.21. The summed E-state index contributed by atoms with van der Waals surface area (Å²) in [6, 6.07) is 8.71. The molecule has 0 bridgehead atoms. The summed E-state index contributed by atoms with van der Waals surface area (Å²) in [7, 11) is 0. The Bertz CT molecular complexity index is 302. The zero-order valence-electron chi connectivity index (χ0n) is 8.83. The van der Waals surface area contributed by atoms with E-state index in [0.29, 0.717) is 5.38 Å². The van der Waals surface area contributed by atoms with Crippen molar-refractivity contribution in [1.29, 1.82) is 0 Å². The molecule has 0 nitrogen and oxygen atoms in total. The van der Waals surface area contributed by atoms with Gasteiger partial charge in [0, 0.05) is 5.38 Å². The molecule has 0 amide bonds. The molecule has 1 aromatic rings. The van der Waals surface area contributed by atoms with Crippen molar-refractivity contribution in [2.75, 3.05) is 0 Å². The van der Waals surface area contributed by atoms with Gasteiger partial charge in [-0.25, -0.2) is 0 Å². The summed E-state index contributed by atoms with van der Waals surface area (Å²) in [6.07, 6.45) is 2.34. The zero-order chi connectivity index (χ0) is 10.1. The van der Waals surface area contributed by atoms with Crippen molar-refractivity contribution in [3.8, 4) is 0 Å². The average Bonchev–Trinajstić information content (AvgIpc) is 2.87. The van der Waals surface area contributed by atoms with E-state index in [0.717, 1.165) is 18.3 Å². The van der Waals surface area contributed by atoms with Crippen LogP contribution in [0.2, 0.25) is 0 Å². The maximum atomic E-state index is 6.35. The molecule has 3 unspecified atom stereocenters. The lowest BCUT2D eigenvalue weighted by Crippen LogP contribution is -2.06. The van der Waals surface area contributed by atoms with E-state index in [1.54, 1.807) is 0 Å². The predicted molar refractivity (Wildman–Crippen MR) is 61.8 cm³/mol. The van der Waals surface area contributed by atoms with Crippen LogP contribution >= 0.6 is 11.6 Å². The summed E-state index contributed by atoms with van der Waals surface area (Å²) >= 11 is 6.35. The first-order valence-electron chi connectivity index (χ1n) is 5.36. The van der Waals surface area contributed by atoms with Gasteiger partial charge in [-0.05, 0) is 37.2 Å². The van der Waals surface area contributed by atoms with Gasteiger partial charge in [-0.15, -0.1) is 11.6 Å². The molecule has 1 fully saturated rings. The van der Waals surface area contributed by atoms with Crippen LogP contribution in [0.3, 0.4) is 0 Å². The molecular weight excluding hydrogens is 192 g/mol. The van der Waals surface area contributed by atoms with Gasteiger partial charge in [-0.2, -0.15) is 0 Å². The molecule has 1 saturated carbocycles. The maximum Gasteiger partial charge on any atom is 0.0407 e. The Morgan fingerprint density at radius 2 is 1.93 bits per heavy atom. The van der Waals surface area contributed by atoms with E-state index in [2.05, 4.69) is 38.1 Å². The van der Waals surface area contributed by atoms with E-state index >= 15 is 0 Å². The molecule has 2 rings (SSSR count). The average molecular weight is 209 g/mol. The third-order valence-corrected chi connectivity index (χ3v) is 3.67. The molecule has 1 aliphatic carbocycles. The smallest absolute Gasteiger partial charge is 0.0407 e. The number of rotatable bonds is 3. The second-order valence-electron chi connectivity index (χ2n) is 4.58. The molecule has 14 heavy (non-hydrogen) atoms. The fraction of sp³-hybridized carbons (Fsp3) is 0.538. The highest BCUT2D eigenvalue weighted by Crippen LogP contribution is 2.43. The quantitative estimate of drug-likeness (QED) is 0.663. The number of hydrogen-bond donors (Lipinski definition) is 0. The Hall–Kier alpha value is -0.490. The molecule has 0 radical (unpaired) electrons. The molecule has 0 aromatic heterocycles. The van der Waals surface area contributed by atoms with Gasteiger partial charge in [0.25, 0.3) is 0 Å². The third kappa shape index (κ3) is 2.30. The second kappa shape index (κ2) is 3.94. The van der Waals surface area contributed by atoms with Gasteiger partial charge in [0.15, 0.2) is 0 Å². The molecule has 76 valence electrons. The van der Waals surface area contributed by atoms with E-state index in [1.807, 2.05) is 0 Å². The maximum absolute atomic E-state index is 6.35. The van der Waals surface area contributed by atoms with Gasteiger partial charge >= 0.3 is 0 Å². The van der Waals surface area contributed by atoms with Crippen LogP contribution in [0.15, 0.2) is 24.3 Å². The highest BCUT2D eigenvalue weighted by Gasteiger charge is 2.38. The summed E-state index contributed by atoms with van der Waals surface area (Å²) in [5.74, 6) is 1.61. The molecule has 1 aliphatic rings. The summed E-state index contributed by atoms with van der Waals surface area (Å²) in [5.41, 5.74) is 2.69. The lowest BCUT2D eigenvalue weighted by Gasteiger charge is -2.08. The van der Waals surface area contributed by atoms with Crippen LogP contribution < -0.4 is 0 Å². The SMILES string of the molecule is Cc1ccc(CC(Cl)C2CC2C)cc1. The van der Waals surface area contributed by atoms with Crippen LogP contribution in [0, 0.1) is 18.8 Å². The second-order valence-corrected chi connectivity index (χ2v) is 5.14. The van der Waals surface area contributed by atoms with Gasteiger partial charge in [0.1, 0.15) is 0 Å². The van der Waals surface area contributed by atoms with Crippen molar-refractivity contribution < 1.29 is 0 Å². The molecule has 1 heteroatoms. The topological polar surface area (TPSA) is 0 Å². The monoisotopic (exact) mass is 208 g/mol. The van der Waals surface area contributed by atoms with E-state index < -0.39 is 0 Å². The summed E-state index contributed by atoms with van der Waals surface area (Å²) in [6.45, 7) is 4.40. The molecule has 1 aromatic carbocycles. The van der Waals surface area contributed by atoms with Crippen molar-refractivity contribution in [3.05, 3.63) is 35.4 Å². The van der Waals surface area contributed by atoms with E-state index in [4.69, 9.17) is 11.6 Å². The first-order chi connectivity index (χ1) is 6.66. The van der Waals surface area contributed by atoms with Crippen molar-refractivity contribution in [1.82, 2.24) is 0 Å². The van der Waals surface area contributed by atoms with Crippen molar-refractivity contribution >= 4 is 11.6 Å². The summed E-state index contributed by atoms with van der Waals surface area (Å²) in [4.78, 5) is 0. The Morgan fingerprint density at radius 1 is 1.36 bits per heavy atom.